The number of carboxylic acid groups (broad SMARTS) is 2. The van der Waals surface area contributed by atoms with Gasteiger partial charge in [-0.25, -0.2) is 9.59 Å². The highest BCUT2D eigenvalue weighted by Gasteiger charge is 2.02. The third kappa shape index (κ3) is 5.46. The maximum Gasteiger partial charge on any atom is 0.328 e. The normalized spacial score (nSPS) is 12.1. The van der Waals surface area contributed by atoms with Crippen LogP contribution in [0.3, 0.4) is 0 Å². The SMILES string of the molecule is C/C(=C/C(=O)O)c1ccc(Cc2ccc(/C(C)=C/C(=O)O)cc2)cc1. The van der Waals surface area contributed by atoms with Gasteiger partial charge in [0, 0.05) is 12.2 Å². The fraction of sp³-hybridized carbons (Fsp3) is 0.143. The number of hydrogen-bond donors (Lipinski definition) is 2. The van der Waals surface area contributed by atoms with Crippen LogP contribution in [0.25, 0.3) is 11.1 Å². The number of hydrogen-bond acceptors (Lipinski definition) is 2. The van der Waals surface area contributed by atoms with E-state index in [0.717, 1.165) is 28.7 Å². The van der Waals surface area contributed by atoms with Crippen LogP contribution >= 0.6 is 0 Å². The molecule has 0 unspecified atom stereocenters. The standard InChI is InChI=1S/C21H20O4/c1-14(11-20(22)23)18-7-3-16(4-8-18)13-17-5-9-19(10-6-17)15(2)12-21(24)25/h3-12H,13H2,1-2H3,(H,22,23)(H,24,25)/b14-11-,15-12+. The Balaban J connectivity index is 2.10. The van der Waals surface area contributed by atoms with Gasteiger partial charge in [-0.1, -0.05) is 48.5 Å². The van der Waals surface area contributed by atoms with Crippen LogP contribution in [0.2, 0.25) is 0 Å². The van der Waals surface area contributed by atoms with Crippen LogP contribution in [-0.2, 0) is 16.0 Å². The van der Waals surface area contributed by atoms with E-state index in [4.69, 9.17) is 10.2 Å². The molecule has 0 atom stereocenters. The average molecular weight is 336 g/mol. The highest BCUT2D eigenvalue weighted by Crippen LogP contribution is 2.19. The average Bonchev–Trinajstić information content (AvgIpc) is 2.55. The van der Waals surface area contributed by atoms with Gasteiger partial charge in [0.05, 0.1) is 0 Å². The summed E-state index contributed by atoms with van der Waals surface area (Å²) in [6.45, 7) is 3.55. The Bertz CT molecular complexity index is 754. The minimum Gasteiger partial charge on any atom is -0.478 e. The van der Waals surface area contributed by atoms with Gasteiger partial charge >= 0.3 is 11.9 Å². The van der Waals surface area contributed by atoms with Gasteiger partial charge in [0.25, 0.3) is 0 Å². The summed E-state index contributed by atoms with van der Waals surface area (Å²) < 4.78 is 0. The molecular formula is C21H20O4. The van der Waals surface area contributed by atoms with E-state index < -0.39 is 11.9 Å². The van der Waals surface area contributed by atoms with Gasteiger partial charge in [0.1, 0.15) is 0 Å². The second-order valence-corrected chi connectivity index (χ2v) is 5.90. The van der Waals surface area contributed by atoms with E-state index in [-0.39, 0.29) is 0 Å². The molecule has 0 saturated carbocycles. The van der Waals surface area contributed by atoms with Crippen molar-refractivity contribution >= 4 is 23.1 Å². The topological polar surface area (TPSA) is 74.6 Å². The molecule has 2 N–H and O–H groups in total. The minimum absolute atomic E-state index is 0.712. The summed E-state index contributed by atoms with van der Waals surface area (Å²) >= 11 is 0. The van der Waals surface area contributed by atoms with Crippen molar-refractivity contribution in [2.75, 3.05) is 0 Å². The predicted molar refractivity (Wildman–Crippen MR) is 98.3 cm³/mol. The molecule has 25 heavy (non-hydrogen) atoms. The lowest BCUT2D eigenvalue weighted by atomic mass is 9.99. The van der Waals surface area contributed by atoms with Gasteiger partial charge in [-0.2, -0.15) is 0 Å². The fourth-order valence-electron chi connectivity index (χ4n) is 2.54. The molecule has 0 spiro atoms. The van der Waals surface area contributed by atoms with Crippen molar-refractivity contribution in [3.8, 4) is 0 Å². The first-order chi connectivity index (χ1) is 11.8. The Morgan fingerprint density at radius 1 is 0.720 bits per heavy atom. The molecule has 128 valence electrons. The Hall–Kier alpha value is -3.14. The number of carbonyl (C=O) groups is 2. The molecule has 4 nitrogen and oxygen atoms in total. The monoisotopic (exact) mass is 336 g/mol. The minimum atomic E-state index is -0.950. The second kappa shape index (κ2) is 8.11. The van der Waals surface area contributed by atoms with Gasteiger partial charge in [-0.15, -0.1) is 0 Å². The van der Waals surface area contributed by atoms with E-state index in [1.807, 2.05) is 48.5 Å². The molecule has 0 aliphatic carbocycles. The lowest BCUT2D eigenvalue weighted by Crippen LogP contribution is -1.93. The van der Waals surface area contributed by atoms with Crippen LogP contribution in [0.4, 0.5) is 0 Å². The van der Waals surface area contributed by atoms with E-state index in [1.165, 1.54) is 12.2 Å². The highest BCUT2D eigenvalue weighted by molar-refractivity contribution is 5.90. The zero-order valence-corrected chi connectivity index (χ0v) is 14.2. The maximum absolute atomic E-state index is 10.7. The van der Waals surface area contributed by atoms with Gasteiger partial charge in [-0.05, 0) is 53.7 Å². The highest BCUT2D eigenvalue weighted by atomic mass is 16.4. The molecule has 0 saturated heterocycles. The number of aliphatic carboxylic acids is 2. The molecule has 0 bridgehead atoms. The molecule has 0 fully saturated rings. The number of carboxylic acids is 2. The van der Waals surface area contributed by atoms with Gasteiger partial charge in [0.2, 0.25) is 0 Å². The Kier molecular flexibility index (Phi) is 5.90. The van der Waals surface area contributed by atoms with Crippen molar-refractivity contribution in [1.82, 2.24) is 0 Å². The molecule has 2 aromatic carbocycles. The molecule has 0 heterocycles. The first-order valence-corrected chi connectivity index (χ1v) is 7.86. The van der Waals surface area contributed by atoms with Gasteiger partial charge < -0.3 is 10.2 Å². The Morgan fingerprint density at radius 3 is 1.32 bits per heavy atom. The van der Waals surface area contributed by atoms with E-state index in [2.05, 4.69) is 0 Å². The van der Waals surface area contributed by atoms with E-state index >= 15 is 0 Å². The molecule has 0 aliphatic rings. The first-order valence-electron chi connectivity index (χ1n) is 7.86. The van der Waals surface area contributed by atoms with Crippen molar-refractivity contribution in [2.24, 2.45) is 0 Å². The van der Waals surface area contributed by atoms with Crippen LogP contribution in [0.1, 0.15) is 36.1 Å². The Labute approximate surface area is 146 Å². The van der Waals surface area contributed by atoms with Gasteiger partial charge in [0.15, 0.2) is 0 Å². The zero-order chi connectivity index (χ0) is 18.4. The second-order valence-electron chi connectivity index (χ2n) is 5.90. The summed E-state index contributed by atoms with van der Waals surface area (Å²) in [4.78, 5) is 21.4. The van der Waals surface area contributed by atoms with Crippen LogP contribution < -0.4 is 0 Å². The zero-order valence-electron chi connectivity index (χ0n) is 14.2. The summed E-state index contributed by atoms with van der Waals surface area (Å²) in [6, 6.07) is 15.6. The fourth-order valence-corrected chi connectivity index (χ4v) is 2.54. The quantitative estimate of drug-likeness (QED) is 0.773. The summed E-state index contributed by atoms with van der Waals surface area (Å²) in [5.41, 5.74) is 5.44. The summed E-state index contributed by atoms with van der Waals surface area (Å²) in [5, 5.41) is 17.6. The smallest absolute Gasteiger partial charge is 0.328 e. The van der Waals surface area contributed by atoms with Crippen LogP contribution in [0, 0.1) is 0 Å². The van der Waals surface area contributed by atoms with E-state index in [0.29, 0.717) is 11.1 Å². The largest absolute Gasteiger partial charge is 0.478 e. The van der Waals surface area contributed by atoms with Crippen molar-refractivity contribution in [3.05, 3.63) is 82.9 Å². The van der Waals surface area contributed by atoms with Crippen LogP contribution in [-0.4, -0.2) is 22.2 Å². The van der Waals surface area contributed by atoms with Gasteiger partial charge in [-0.3, -0.25) is 0 Å². The van der Waals surface area contributed by atoms with Crippen molar-refractivity contribution in [3.63, 3.8) is 0 Å². The molecule has 2 rings (SSSR count). The molecule has 0 radical (unpaired) electrons. The molecule has 2 aromatic rings. The van der Waals surface area contributed by atoms with Crippen molar-refractivity contribution in [1.29, 1.82) is 0 Å². The van der Waals surface area contributed by atoms with Crippen molar-refractivity contribution in [2.45, 2.75) is 20.3 Å². The summed E-state index contributed by atoms with van der Waals surface area (Å²) in [7, 11) is 0. The molecular weight excluding hydrogens is 316 g/mol. The lowest BCUT2D eigenvalue weighted by Gasteiger charge is -2.06. The molecule has 0 aliphatic heterocycles. The maximum atomic E-state index is 10.7. The summed E-state index contributed by atoms with van der Waals surface area (Å²) in [6.07, 6.45) is 3.14. The third-order valence-electron chi connectivity index (χ3n) is 3.91. The van der Waals surface area contributed by atoms with E-state index in [9.17, 15) is 9.59 Å². The van der Waals surface area contributed by atoms with E-state index in [1.54, 1.807) is 13.8 Å². The van der Waals surface area contributed by atoms with Crippen molar-refractivity contribution < 1.29 is 19.8 Å². The number of allylic oxidation sites excluding steroid dienone is 2. The molecule has 0 amide bonds. The third-order valence-corrected chi connectivity index (χ3v) is 3.91. The predicted octanol–water partition coefficient (Wildman–Crippen LogP) is 4.25. The number of rotatable bonds is 6. The van der Waals surface area contributed by atoms with Crippen LogP contribution in [0.15, 0.2) is 60.7 Å². The number of benzene rings is 2. The Morgan fingerprint density at radius 2 is 1.04 bits per heavy atom. The molecule has 0 aromatic heterocycles. The van der Waals surface area contributed by atoms with Crippen LogP contribution in [0.5, 0.6) is 0 Å². The lowest BCUT2D eigenvalue weighted by molar-refractivity contribution is -0.132. The first kappa shape index (κ1) is 18.2. The molecule has 4 heteroatoms. The summed E-state index contributed by atoms with van der Waals surface area (Å²) in [5.74, 6) is -1.90.